The van der Waals surface area contributed by atoms with Gasteiger partial charge in [0.25, 0.3) is 0 Å². The van der Waals surface area contributed by atoms with E-state index < -0.39 is 26.7 Å². The molecule has 0 unspecified atom stereocenters. The van der Waals surface area contributed by atoms with Crippen molar-refractivity contribution in [3.05, 3.63) is 39.9 Å². The van der Waals surface area contributed by atoms with E-state index in [2.05, 4.69) is 26.0 Å². The zero-order valence-electron chi connectivity index (χ0n) is 11.4. The number of nitrogens with one attached hydrogen (secondary N) is 2. The number of rotatable bonds is 4. The second-order valence-electron chi connectivity index (χ2n) is 4.78. The number of sulfonamides is 1. The van der Waals surface area contributed by atoms with Gasteiger partial charge in [-0.3, -0.25) is 0 Å². The van der Waals surface area contributed by atoms with Crippen molar-refractivity contribution in [3.63, 3.8) is 0 Å². The zero-order chi connectivity index (χ0) is 16.4. The Labute approximate surface area is 135 Å². The Morgan fingerprint density at radius 1 is 1.32 bits per heavy atom. The first-order chi connectivity index (χ1) is 10.2. The van der Waals surface area contributed by atoms with E-state index >= 15 is 0 Å². The van der Waals surface area contributed by atoms with Crippen LogP contribution in [0.4, 0.5) is 13.2 Å². The Kier molecular flexibility index (Phi) is 5.31. The first kappa shape index (κ1) is 17.5. The lowest BCUT2D eigenvalue weighted by molar-refractivity contribution is -0.139. The summed E-state index contributed by atoms with van der Waals surface area (Å²) in [7, 11) is -4.24. The van der Waals surface area contributed by atoms with Crippen molar-refractivity contribution >= 4 is 26.0 Å². The van der Waals surface area contributed by atoms with Crippen molar-refractivity contribution in [2.45, 2.75) is 17.5 Å². The van der Waals surface area contributed by atoms with Crippen LogP contribution in [0, 0.1) is 0 Å². The summed E-state index contributed by atoms with van der Waals surface area (Å²) in [6.07, 6.45) is -2.25. The molecule has 0 atom stereocenters. The Hall–Kier alpha value is -0.900. The van der Waals surface area contributed by atoms with Crippen LogP contribution >= 0.6 is 15.9 Å². The van der Waals surface area contributed by atoms with Crippen molar-refractivity contribution < 1.29 is 21.6 Å². The van der Waals surface area contributed by atoms with Crippen molar-refractivity contribution in [3.8, 4) is 0 Å². The number of hydrogen-bond acceptors (Lipinski definition) is 3. The molecule has 1 aromatic carbocycles. The van der Waals surface area contributed by atoms with Crippen LogP contribution in [0.5, 0.6) is 0 Å². The minimum atomic E-state index is -4.75. The van der Waals surface area contributed by atoms with Gasteiger partial charge in [-0.25, -0.2) is 13.1 Å². The van der Waals surface area contributed by atoms with E-state index in [4.69, 9.17) is 0 Å². The molecule has 1 aromatic rings. The number of benzene rings is 1. The lowest BCUT2D eigenvalue weighted by Gasteiger charge is -2.17. The van der Waals surface area contributed by atoms with Crippen LogP contribution < -0.4 is 10.0 Å². The third-order valence-electron chi connectivity index (χ3n) is 3.18. The van der Waals surface area contributed by atoms with Crippen LogP contribution in [0.15, 0.2) is 39.2 Å². The molecule has 0 bridgehead atoms. The third-order valence-corrected chi connectivity index (χ3v) is 5.14. The average molecular weight is 399 g/mol. The van der Waals surface area contributed by atoms with Gasteiger partial charge in [0.1, 0.15) is 0 Å². The van der Waals surface area contributed by atoms with Crippen LogP contribution in [0.25, 0.3) is 0 Å². The van der Waals surface area contributed by atoms with Gasteiger partial charge in [0.15, 0.2) is 0 Å². The molecule has 9 heteroatoms. The van der Waals surface area contributed by atoms with Gasteiger partial charge in [-0.1, -0.05) is 27.6 Å². The van der Waals surface area contributed by atoms with Gasteiger partial charge in [0.2, 0.25) is 10.0 Å². The summed E-state index contributed by atoms with van der Waals surface area (Å²) in [6.45, 7) is 1.36. The van der Waals surface area contributed by atoms with Crippen LogP contribution in [-0.2, 0) is 16.2 Å². The first-order valence-electron chi connectivity index (χ1n) is 6.45. The standard InChI is InChI=1S/C13H14BrF3N2O2S/c14-10-1-2-12(11(7-10)13(15,16)17)22(20,21)19-8-9-3-5-18-6-4-9/h1-3,7,18-19H,4-6,8H2. The SMILES string of the molecule is O=S(=O)(NCC1=CCNCC1)c1ccc(Br)cc1C(F)(F)F. The molecular weight excluding hydrogens is 385 g/mol. The molecule has 4 nitrogen and oxygen atoms in total. The lowest BCUT2D eigenvalue weighted by Crippen LogP contribution is -2.31. The molecule has 1 aliphatic rings. The summed E-state index contributed by atoms with van der Waals surface area (Å²) < 4.78 is 65.8. The van der Waals surface area contributed by atoms with E-state index in [0.29, 0.717) is 13.0 Å². The molecule has 122 valence electrons. The molecule has 1 aliphatic heterocycles. The van der Waals surface area contributed by atoms with Gasteiger partial charge in [0, 0.05) is 17.6 Å². The molecule has 0 aliphatic carbocycles. The summed E-state index contributed by atoms with van der Waals surface area (Å²) in [4.78, 5) is -0.766. The minimum Gasteiger partial charge on any atom is -0.313 e. The lowest BCUT2D eigenvalue weighted by atomic mass is 10.1. The van der Waals surface area contributed by atoms with E-state index in [1.165, 1.54) is 6.07 Å². The number of halogens is 4. The predicted octanol–water partition coefficient (Wildman–Crippen LogP) is 2.67. The Morgan fingerprint density at radius 2 is 2.05 bits per heavy atom. The molecule has 1 heterocycles. The van der Waals surface area contributed by atoms with E-state index in [1.54, 1.807) is 0 Å². The van der Waals surface area contributed by atoms with Crippen molar-refractivity contribution in [1.29, 1.82) is 0 Å². The summed E-state index contributed by atoms with van der Waals surface area (Å²) in [6, 6.07) is 2.98. The maximum Gasteiger partial charge on any atom is 0.417 e. The fraction of sp³-hybridized carbons (Fsp3) is 0.385. The molecule has 0 amide bonds. The minimum absolute atomic E-state index is 0.0113. The van der Waals surface area contributed by atoms with Crippen LogP contribution in [0.1, 0.15) is 12.0 Å². The quantitative estimate of drug-likeness (QED) is 0.766. The molecule has 22 heavy (non-hydrogen) atoms. The Bertz CT molecular complexity index is 687. The summed E-state index contributed by atoms with van der Waals surface area (Å²) in [5, 5.41) is 3.07. The van der Waals surface area contributed by atoms with E-state index in [-0.39, 0.29) is 11.0 Å². The summed E-state index contributed by atoms with van der Waals surface area (Å²) >= 11 is 2.93. The summed E-state index contributed by atoms with van der Waals surface area (Å²) in [5.41, 5.74) is -0.332. The molecule has 2 N–H and O–H groups in total. The second-order valence-corrected chi connectivity index (χ2v) is 7.43. The van der Waals surface area contributed by atoms with Gasteiger partial charge in [-0.15, -0.1) is 0 Å². The molecule has 0 saturated carbocycles. The highest BCUT2D eigenvalue weighted by molar-refractivity contribution is 9.10. The van der Waals surface area contributed by atoms with Crippen molar-refractivity contribution in [1.82, 2.24) is 10.0 Å². The fourth-order valence-corrected chi connectivity index (χ4v) is 3.66. The van der Waals surface area contributed by atoms with Gasteiger partial charge < -0.3 is 5.32 Å². The highest BCUT2D eigenvalue weighted by Gasteiger charge is 2.37. The normalized spacial score (nSPS) is 16.5. The third kappa shape index (κ3) is 4.31. The molecule has 0 aromatic heterocycles. The Morgan fingerprint density at radius 3 is 2.64 bits per heavy atom. The van der Waals surface area contributed by atoms with Gasteiger partial charge in [-0.05, 0) is 31.2 Å². The Balaban J connectivity index is 2.27. The second kappa shape index (κ2) is 6.69. The van der Waals surface area contributed by atoms with Gasteiger partial charge in [0.05, 0.1) is 10.5 Å². The molecule has 0 radical (unpaired) electrons. The molecular formula is C13H14BrF3N2O2S. The topological polar surface area (TPSA) is 58.2 Å². The smallest absolute Gasteiger partial charge is 0.313 e. The van der Waals surface area contributed by atoms with Crippen molar-refractivity contribution in [2.24, 2.45) is 0 Å². The molecule has 2 rings (SSSR count). The van der Waals surface area contributed by atoms with Crippen LogP contribution in [0.2, 0.25) is 0 Å². The fourth-order valence-electron chi connectivity index (χ4n) is 2.05. The summed E-state index contributed by atoms with van der Waals surface area (Å²) in [5.74, 6) is 0. The largest absolute Gasteiger partial charge is 0.417 e. The average Bonchev–Trinajstić information content (AvgIpc) is 2.45. The zero-order valence-corrected chi connectivity index (χ0v) is 13.8. The molecule has 0 spiro atoms. The van der Waals surface area contributed by atoms with E-state index in [0.717, 1.165) is 24.3 Å². The van der Waals surface area contributed by atoms with Gasteiger partial charge >= 0.3 is 6.18 Å². The van der Waals surface area contributed by atoms with Crippen LogP contribution in [0.3, 0.4) is 0 Å². The number of alkyl halides is 3. The highest BCUT2D eigenvalue weighted by atomic mass is 79.9. The van der Waals surface area contributed by atoms with E-state index in [9.17, 15) is 21.6 Å². The highest BCUT2D eigenvalue weighted by Crippen LogP contribution is 2.35. The monoisotopic (exact) mass is 398 g/mol. The maximum absolute atomic E-state index is 13.0. The maximum atomic E-state index is 13.0. The van der Waals surface area contributed by atoms with Gasteiger partial charge in [-0.2, -0.15) is 13.2 Å². The van der Waals surface area contributed by atoms with E-state index in [1.807, 2.05) is 6.08 Å². The predicted molar refractivity (Wildman–Crippen MR) is 79.9 cm³/mol. The number of hydrogen-bond donors (Lipinski definition) is 2. The molecule has 0 fully saturated rings. The molecule has 0 saturated heterocycles. The van der Waals surface area contributed by atoms with Crippen LogP contribution in [-0.4, -0.2) is 28.1 Å². The van der Waals surface area contributed by atoms with Crippen molar-refractivity contribution in [2.75, 3.05) is 19.6 Å². The first-order valence-corrected chi connectivity index (χ1v) is 8.73.